The first-order valence-corrected chi connectivity index (χ1v) is 11.5. The van der Waals surface area contributed by atoms with Gasteiger partial charge in [0.1, 0.15) is 17.2 Å². The standard InChI is InChI=1S/C24H25O6P.Na/c1-2-3-9-23(18-10-14-20(25)15-11-18)24(26)19-12-16-22(17-13-19)30-31(27,28)29-21-7-5-4-6-8-21;/h4-8,10-17,23,25H,2-3,9H2,1H3,(H,27,28);/q;+1/p-1. The van der Waals surface area contributed by atoms with Crippen LogP contribution < -0.4 is 43.5 Å². The van der Waals surface area contributed by atoms with Gasteiger partial charge in [0.15, 0.2) is 5.78 Å². The fourth-order valence-corrected chi connectivity index (χ4v) is 4.00. The van der Waals surface area contributed by atoms with Crippen LogP contribution in [0.4, 0.5) is 0 Å². The van der Waals surface area contributed by atoms with Gasteiger partial charge in [-0.3, -0.25) is 4.79 Å². The first-order valence-electron chi connectivity index (χ1n) is 10.1. The van der Waals surface area contributed by atoms with Crippen molar-refractivity contribution in [3.05, 3.63) is 90.0 Å². The number of hydrogen-bond donors (Lipinski definition) is 1. The van der Waals surface area contributed by atoms with Crippen molar-refractivity contribution in [1.29, 1.82) is 0 Å². The summed E-state index contributed by atoms with van der Waals surface area (Å²) in [5.41, 5.74) is 1.28. The molecule has 0 aliphatic rings. The molecular formula is C24H24NaO6P. The number of carbonyl (C=O) groups excluding carboxylic acids is 1. The topological polar surface area (TPSA) is 95.9 Å². The monoisotopic (exact) mass is 462 g/mol. The quantitative estimate of drug-likeness (QED) is 0.283. The molecule has 3 rings (SSSR count). The van der Waals surface area contributed by atoms with Crippen LogP contribution >= 0.6 is 7.82 Å². The minimum absolute atomic E-state index is 0. The minimum Gasteiger partial charge on any atom is -0.736 e. The Morgan fingerprint density at radius 3 is 2.06 bits per heavy atom. The molecule has 0 spiro atoms. The zero-order valence-corrected chi connectivity index (χ0v) is 21.0. The third-order valence-electron chi connectivity index (χ3n) is 4.77. The average molecular weight is 462 g/mol. The van der Waals surface area contributed by atoms with Gasteiger partial charge in [0.05, 0.1) is 0 Å². The number of aromatic hydroxyl groups is 1. The zero-order valence-electron chi connectivity index (χ0n) is 18.1. The summed E-state index contributed by atoms with van der Waals surface area (Å²) in [7, 11) is -4.62. The Morgan fingerprint density at radius 2 is 1.50 bits per heavy atom. The molecule has 0 aromatic heterocycles. The Hall–Kier alpha value is -2.08. The van der Waals surface area contributed by atoms with E-state index < -0.39 is 7.82 Å². The Balaban J connectivity index is 0.00000363. The molecule has 3 aromatic rings. The molecule has 2 unspecified atom stereocenters. The summed E-state index contributed by atoms with van der Waals surface area (Å²) in [5.74, 6) is -0.0663. The van der Waals surface area contributed by atoms with Gasteiger partial charge in [-0.2, -0.15) is 0 Å². The van der Waals surface area contributed by atoms with Crippen molar-refractivity contribution in [2.24, 2.45) is 0 Å². The van der Waals surface area contributed by atoms with Crippen LogP contribution in [-0.4, -0.2) is 10.9 Å². The maximum absolute atomic E-state index is 13.1. The molecule has 0 amide bonds. The smallest absolute Gasteiger partial charge is 0.736 e. The van der Waals surface area contributed by atoms with Crippen molar-refractivity contribution >= 4 is 13.6 Å². The molecule has 6 nitrogen and oxygen atoms in total. The Morgan fingerprint density at radius 1 is 0.938 bits per heavy atom. The second-order valence-corrected chi connectivity index (χ2v) is 8.38. The van der Waals surface area contributed by atoms with Crippen LogP contribution in [0.2, 0.25) is 0 Å². The fourth-order valence-electron chi connectivity index (χ4n) is 3.20. The van der Waals surface area contributed by atoms with E-state index in [9.17, 15) is 19.4 Å². The van der Waals surface area contributed by atoms with Crippen LogP contribution in [0, 0.1) is 0 Å². The Labute approximate surface area is 210 Å². The molecule has 0 saturated carbocycles. The first kappa shape index (κ1) is 26.2. The number of phosphoric ester groups is 1. The van der Waals surface area contributed by atoms with Gasteiger partial charge >= 0.3 is 37.4 Å². The van der Waals surface area contributed by atoms with Gasteiger partial charge < -0.3 is 19.0 Å². The van der Waals surface area contributed by atoms with Crippen LogP contribution in [-0.2, 0) is 4.57 Å². The molecule has 0 radical (unpaired) electrons. The van der Waals surface area contributed by atoms with E-state index in [2.05, 4.69) is 6.92 Å². The average Bonchev–Trinajstić information content (AvgIpc) is 2.75. The second kappa shape index (κ2) is 12.2. The van der Waals surface area contributed by atoms with E-state index in [-0.39, 0.29) is 58.5 Å². The maximum atomic E-state index is 13.1. The molecule has 32 heavy (non-hydrogen) atoms. The number of phenolic OH excluding ortho intramolecular Hbond substituents is 1. The van der Waals surface area contributed by atoms with Crippen LogP contribution in [0.15, 0.2) is 78.9 Å². The normalized spacial score (nSPS) is 13.3. The Bertz CT molecular complexity index is 1040. The molecule has 0 fully saturated rings. The summed E-state index contributed by atoms with van der Waals surface area (Å²) in [5, 5.41) is 9.53. The first-order chi connectivity index (χ1) is 14.9. The number of Topliss-reactive ketones (excluding diaryl/α,β-unsaturated/α-hetero) is 1. The minimum atomic E-state index is -4.62. The molecule has 0 saturated heterocycles. The van der Waals surface area contributed by atoms with Crippen LogP contribution in [0.1, 0.15) is 48.0 Å². The van der Waals surface area contributed by atoms with Gasteiger partial charge in [-0.25, -0.2) is 4.57 Å². The number of phenols is 1. The predicted molar refractivity (Wildman–Crippen MR) is 116 cm³/mol. The van der Waals surface area contributed by atoms with Crippen molar-refractivity contribution in [1.82, 2.24) is 0 Å². The van der Waals surface area contributed by atoms with E-state index in [1.165, 1.54) is 24.3 Å². The van der Waals surface area contributed by atoms with Crippen molar-refractivity contribution in [3.8, 4) is 17.2 Å². The van der Waals surface area contributed by atoms with Crippen LogP contribution in [0.25, 0.3) is 0 Å². The molecule has 8 heteroatoms. The van der Waals surface area contributed by atoms with Gasteiger partial charge in [-0.1, -0.05) is 50.1 Å². The van der Waals surface area contributed by atoms with Gasteiger partial charge in [-0.15, -0.1) is 0 Å². The van der Waals surface area contributed by atoms with Gasteiger partial charge in [-0.05, 0) is 60.5 Å². The number of unbranched alkanes of at least 4 members (excludes halogenated alkanes) is 1. The van der Waals surface area contributed by atoms with Gasteiger partial charge in [0.25, 0.3) is 0 Å². The molecular weight excluding hydrogens is 438 g/mol. The number of hydrogen-bond acceptors (Lipinski definition) is 6. The predicted octanol–water partition coefficient (Wildman–Crippen LogP) is 2.48. The summed E-state index contributed by atoms with van der Waals surface area (Å²) >= 11 is 0. The SMILES string of the molecule is CCCCC(C(=O)c1ccc(OP(=O)([O-])Oc2ccccc2)cc1)c1ccc(O)cc1.[Na+]. The van der Waals surface area contributed by atoms with Gasteiger partial charge in [0.2, 0.25) is 0 Å². The largest absolute Gasteiger partial charge is 1.00 e. The summed E-state index contributed by atoms with van der Waals surface area (Å²) < 4.78 is 22.0. The van der Waals surface area contributed by atoms with Crippen molar-refractivity contribution in [3.63, 3.8) is 0 Å². The van der Waals surface area contributed by atoms with E-state index in [1.54, 1.807) is 54.6 Å². The number of para-hydroxylation sites is 1. The zero-order chi connectivity index (χ0) is 22.3. The van der Waals surface area contributed by atoms with Crippen molar-refractivity contribution < 1.29 is 58.0 Å². The third-order valence-corrected chi connectivity index (χ3v) is 5.64. The van der Waals surface area contributed by atoms with Gasteiger partial charge in [0, 0.05) is 11.5 Å². The molecule has 0 aliphatic carbocycles. The van der Waals surface area contributed by atoms with E-state index in [0.717, 1.165) is 18.4 Å². The maximum Gasteiger partial charge on any atom is 1.00 e. The van der Waals surface area contributed by atoms with Crippen molar-refractivity contribution in [2.75, 3.05) is 0 Å². The number of carbonyl (C=O) groups is 1. The molecule has 0 aliphatic heterocycles. The summed E-state index contributed by atoms with van der Waals surface area (Å²) in [4.78, 5) is 25.3. The van der Waals surface area contributed by atoms with Crippen molar-refractivity contribution in [2.45, 2.75) is 32.1 Å². The molecule has 162 valence electrons. The fraction of sp³-hybridized carbons (Fsp3) is 0.208. The molecule has 0 heterocycles. The number of phosphoric acid groups is 1. The summed E-state index contributed by atoms with van der Waals surface area (Å²) in [6, 6.07) is 20.6. The van der Waals surface area contributed by atoms with Crippen LogP contribution in [0.5, 0.6) is 17.2 Å². The number of benzene rings is 3. The van der Waals surface area contributed by atoms with E-state index in [4.69, 9.17) is 9.05 Å². The summed E-state index contributed by atoms with van der Waals surface area (Å²) in [6.45, 7) is 2.06. The number of ketones is 1. The molecule has 2 atom stereocenters. The molecule has 3 aromatic carbocycles. The number of rotatable bonds is 10. The second-order valence-electron chi connectivity index (χ2n) is 7.12. The third kappa shape index (κ3) is 7.51. The summed E-state index contributed by atoms with van der Waals surface area (Å²) in [6.07, 6.45) is 2.52. The van der Waals surface area contributed by atoms with E-state index in [0.29, 0.717) is 12.0 Å². The van der Waals surface area contributed by atoms with E-state index >= 15 is 0 Å². The molecule has 0 bridgehead atoms. The van der Waals surface area contributed by atoms with Crippen LogP contribution in [0.3, 0.4) is 0 Å². The van der Waals surface area contributed by atoms with E-state index in [1.807, 2.05) is 0 Å². The molecule has 1 N–H and O–H groups in total. The Kier molecular flexibility index (Phi) is 10.0.